The number of aromatic carboxylic acids is 1. The van der Waals surface area contributed by atoms with Crippen molar-refractivity contribution >= 4 is 29.1 Å². The average molecular weight is 285 g/mol. The van der Waals surface area contributed by atoms with Gasteiger partial charge < -0.3 is 10.4 Å². The summed E-state index contributed by atoms with van der Waals surface area (Å²) in [5, 5.41) is 11.3. The highest BCUT2D eigenvalue weighted by atomic mass is 35.5. The number of benzene rings is 1. The van der Waals surface area contributed by atoms with E-state index in [9.17, 15) is 13.6 Å². The van der Waals surface area contributed by atoms with E-state index < -0.39 is 17.6 Å². The lowest BCUT2D eigenvalue weighted by Gasteiger charge is -2.08. The smallest absolute Gasteiger partial charge is 0.356 e. The van der Waals surface area contributed by atoms with Gasteiger partial charge >= 0.3 is 5.97 Å². The minimum atomic E-state index is -1.31. The summed E-state index contributed by atoms with van der Waals surface area (Å²) in [6, 6.07) is 5.52. The molecule has 2 rings (SSSR count). The van der Waals surface area contributed by atoms with Crippen molar-refractivity contribution in [3.05, 3.63) is 52.7 Å². The molecule has 2 N–H and O–H groups in total. The van der Waals surface area contributed by atoms with Crippen molar-refractivity contribution in [2.24, 2.45) is 0 Å². The zero-order chi connectivity index (χ0) is 14.0. The Morgan fingerprint density at radius 3 is 2.68 bits per heavy atom. The monoisotopic (exact) mass is 284 g/mol. The van der Waals surface area contributed by atoms with Crippen LogP contribution in [0.4, 0.5) is 20.3 Å². The first kappa shape index (κ1) is 13.2. The van der Waals surface area contributed by atoms with Gasteiger partial charge in [-0.2, -0.15) is 0 Å². The molecule has 0 aliphatic carbocycles. The van der Waals surface area contributed by atoms with Gasteiger partial charge in [0.05, 0.1) is 10.7 Å². The van der Waals surface area contributed by atoms with Crippen molar-refractivity contribution in [1.29, 1.82) is 0 Å². The maximum absolute atomic E-state index is 13.4. The Hall–Kier alpha value is -2.21. The third kappa shape index (κ3) is 2.97. The van der Waals surface area contributed by atoms with Crippen LogP contribution in [0, 0.1) is 11.6 Å². The van der Waals surface area contributed by atoms with Gasteiger partial charge in [-0.25, -0.2) is 18.6 Å². The Morgan fingerprint density at radius 2 is 2.00 bits per heavy atom. The second-order valence-corrected chi connectivity index (χ2v) is 3.99. The molecule has 0 amide bonds. The molecule has 0 unspecified atom stereocenters. The van der Waals surface area contributed by atoms with Gasteiger partial charge in [-0.3, -0.25) is 0 Å². The summed E-state index contributed by atoms with van der Waals surface area (Å²) in [5.74, 6) is -2.58. The fourth-order valence-corrected chi connectivity index (χ4v) is 1.58. The van der Waals surface area contributed by atoms with Gasteiger partial charge in [0.25, 0.3) is 0 Å². The molecule has 0 saturated carbocycles. The first-order valence-electron chi connectivity index (χ1n) is 5.09. The number of pyridine rings is 1. The number of hydrogen-bond donors (Lipinski definition) is 2. The number of aromatic nitrogens is 1. The third-order valence-electron chi connectivity index (χ3n) is 2.24. The number of hydrogen-bond acceptors (Lipinski definition) is 3. The topological polar surface area (TPSA) is 62.2 Å². The van der Waals surface area contributed by atoms with Crippen molar-refractivity contribution in [3.8, 4) is 0 Å². The van der Waals surface area contributed by atoms with Crippen LogP contribution in [-0.2, 0) is 0 Å². The molecule has 98 valence electrons. The van der Waals surface area contributed by atoms with Crippen molar-refractivity contribution in [2.75, 3.05) is 5.32 Å². The van der Waals surface area contributed by atoms with Crippen molar-refractivity contribution in [1.82, 2.24) is 4.98 Å². The second kappa shape index (κ2) is 5.19. The van der Waals surface area contributed by atoms with Gasteiger partial charge in [-0.15, -0.1) is 0 Å². The summed E-state index contributed by atoms with van der Waals surface area (Å²) in [6.45, 7) is 0. The normalized spacial score (nSPS) is 10.3. The zero-order valence-corrected chi connectivity index (χ0v) is 10.1. The van der Waals surface area contributed by atoms with E-state index in [0.29, 0.717) is 0 Å². The Bertz CT molecular complexity index is 650. The highest BCUT2D eigenvalue weighted by Gasteiger charge is 2.12. The summed E-state index contributed by atoms with van der Waals surface area (Å²) < 4.78 is 26.4. The lowest BCUT2D eigenvalue weighted by molar-refractivity contribution is 0.0691. The fraction of sp³-hybridized carbons (Fsp3) is 0. The van der Waals surface area contributed by atoms with Gasteiger partial charge in [-0.1, -0.05) is 11.6 Å². The molecule has 0 aliphatic heterocycles. The first-order valence-corrected chi connectivity index (χ1v) is 5.47. The van der Waals surface area contributed by atoms with E-state index in [1.807, 2.05) is 0 Å². The van der Waals surface area contributed by atoms with Crippen LogP contribution in [0.5, 0.6) is 0 Å². The molecule has 0 atom stereocenters. The highest BCUT2D eigenvalue weighted by Crippen LogP contribution is 2.22. The van der Waals surface area contributed by atoms with E-state index in [0.717, 1.165) is 18.2 Å². The van der Waals surface area contributed by atoms with E-state index >= 15 is 0 Å². The van der Waals surface area contributed by atoms with Gasteiger partial charge in [-0.05, 0) is 24.3 Å². The van der Waals surface area contributed by atoms with Gasteiger partial charge in [0.1, 0.15) is 17.5 Å². The molecular formula is C12H7ClF2N2O2. The number of carboxylic acids is 1. The van der Waals surface area contributed by atoms with E-state index in [2.05, 4.69) is 10.3 Å². The molecule has 7 heteroatoms. The number of nitrogens with zero attached hydrogens (tertiary/aromatic N) is 1. The molecule has 1 heterocycles. The molecule has 0 bridgehead atoms. The molecule has 0 radical (unpaired) electrons. The van der Waals surface area contributed by atoms with Crippen LogP contribution in [0.3, 0.4) is 0 Å². The van der Waals surface area contributed by atoms with Crippen molar-refractivity contribution in [3.63, 3.8) is 0 Å². The summed E-state index contributed by atoms with van der Waals surface area (Å²) in [7, 11) is 0. The van der Waals surface area contributed by atoms with Crippen LogP contribution < -0.4 is 5.32 Å². The molecule has 0 fully saturated rings. The average Bonchev–Trinajstić information content (AvgIpc) is 2.36. The number of nitrogens with one attached hydrogen (secondary N) is 1. The predicted octanol–water partition coefficient (Wildman–Crippen LogP) is 3.46. The summed E-state index contributed by atoms with van der Waals surface area (Å²) >= 11 is 5.65. The van der Waals surface area contributed by atoms with Gasteiger partial charge in [0, 0.05) is 6.07 Å². The largest absolute Gasteiger partial charge is 0.476 e. The summed E-state index contributed by atoms with van der Waals surface area (Å²) in [6.07, 6.45) is 0. The summed E-state index contributed by atoms with van der Waals surface area (Å²) in [4.78, 5) is 14.5. The Kier molecular flexibility index (Phi) is 3.62. The summed E-state index contributed by atoms with van der Waals surface area (Å²) in [5.41, 5.74) is -0.519. The number of anilines is 2. The zero-order valence-electron chi connectivity index (χ0n) is 9.32. The van der Waals surface area contributed by atoms with Crippen LogP contribution in [-0.4, -0.2) is 16.1 Å². The highest BCUT2D eigenvalue weighted by molar-refractivity contribution is 6.33. The minimum absolute atomic E-state index is 0.0437. The fourth-order valence-electron chi connectivity index (χ4n) is 1.39. The lowest BCUT2D eigenvalue weighted by atomic mass is 10.3. The van der Waals surface area contributed by atoms with Crippen LogP contribution in [0.15, 0.2) is 30.3 Å². The number of carbonyl (C=O) groups is 1. The molecular weight excluding hydrogens is 278 g/mol. The molecule has 2 aromatic rings. The third-order valence-corrected chi connectivity index (χ3v) is 2.54. The quantitative estimate of drug-likeness (QED) is 0.906. The lowest BCUT2D eigenvalue weighted by Crippen LogP contribution is -2.04. The molecule has 0 saturated heterocycles. The number of halogens is 3. The van der Waals surface area contributed by atoms with E-state index in [1.54, 1.807) is 0 Å². The molecule has 1 aromatic carbocycles. The van der Waals surface area contributed by atoms with E-state index in [1.165, 1.54) is 12.1 Å². The minimum Gasteiger partial charge on any atom is -0.476 e. The van der Waals surface area contributed by atoms with Crippen molar-refractivity contribution in [2.45, 2.75) is 0 Å². The SMILES string of the molecule is O=C(O)c1nc(Nc2cc(F)ccc2F)ccc1Cl. The second-order valence-electron chi connectivity index (χ2n) is 3.58. The van der Waals surface area contributed by atoms with Crippen LogP contribution in [0.2, 0.25) is 5.02 Å². The van der Waals surface area contributed by atoms with Crippen LogP contribution in [0.1, 0.15) is 10.5 Å². The number of carboxylic acid groups (broad SMARTS) is 1. The molecule has 4 nitrogen and oxygen atoms in total. The van der Waals surface area contributed by atoms with E-state index in [-0.39, 0.29) is 22.2 Å². The maximum atomic E-state index is 13.4. The Balaban J connectivity index is 2.36. The van der Waals surface area contributed by atoms with E-state index in [4.69, 9.17) is 16.7 Å². The van der Waals surface area contributed by atoms with Crippen LogP contribution in [0.25, 0.3) is 0 Å². The molecule has 0 spiro atoms. The number of rotatable bonds is 3. The van der Waals surface area contributed by atoms with Crippen molar-refractivity contribution < 1.29 is 18.7 Å². The molecule has 1 aromatic heterocycles. The molecule has 19 heavy (non-hydrogen) atoms. The Morgan fingerprint density at radius 1 is 1.26 bits per heavy atom. The standard InChI is InChI=1S/C12H7ClF2N2O2/c13-7-2-4-10(17-11(7)12(18)19)16-9-5-6(14)1-3-8(9)15/h1-5H,(H,16,17)(H,18,19). The van der Waals surface area contributed by atoms with Gasteiger partial charge in [0.2, 0.25) is 0 Å². The predicted molar refractivity (Wildman–Crippen MR) is 65.8 cm³/mol. The molecule has 0 aliphatic rings. The van der Waals surface area contributed by atoms with Crippen LogP contribution >= 0.6 is 11.6 Å². The maximum Gasteiger partial charge on any atom is 0.356 e. The van der Waals surface area contributed by atoms with Gasteiger partial charge in [0.15, 0.2) is 5.69 Å². The Labute approximate surface area is 111 Å². The first-order chi connectivity index (χ1) is 8.97.